The lowest BCUT2D eigenvalue weighted by molar-refractivity contribution is 0.0109. The molecule has 2 fully saturated rings. The van der Waals surface area contributed by atoms with Crippen LogP contribution in [0, 0.1) is 0 Å². The molecule has 1 aromatic rings. The Morgan fingerprint density at radius 1 is 1.24 bits per heavy atom. The first-order chi connectivity index (χ1) is 10.2. The van der Waals surface area contributed by atoms with E-state index in [4.69, 9.17) is 10.9 Å². The van der Waals surface area contributed by atoms with Crippen molar-refractivity contribution in [3.05, 3.63) is 35.9 Å². The van der Waals surface area contributed by atoms with Crippen LogP contribution in [0.5, 0.6) is 0 Å². The fourth-order valence-corrected chi connectivity index (χ4v) is 4.00. The van der Waals surface area contributed by atoms with Gasteiger partial charge in [0, 0.05) is 24.5 Å². The Balaban J connectivity index is 1.89. The number of piperidine rings is 1. The molecule has 3 atom stereocenters. The molecule has 2 saturated heterocycles. The number of rotatable bonds is 4. The zero-order valence-electron chi connectivity index (χ0n) is 12.1. The Morgan fingerprint density at radius 3 is 2.43 bits per heavy atom. The molecule has 114 valence electrons. The van der Waals surface area contributed by atoms with Crippen molar-refractivity contribution < 1.29 is 10.3 Å². The lowest BCUT2D eigenvalue weighted by Crippen LogP contribution is -2.47. The zero-order valence-corrected chi connectivity index (χ0v) is 12.1. The molecule has 0 spiro atoms. The third kappa shape index (κ3) is 2.89. The monoisotopic (exact) mass is 289 g/mol. The molecular weight excluding hydrogens is 266 g/mol. The summed E-state index contributed by atoms with van der Waals surface area (Å²) >= 11 is 0. The van der Waals surface area contributed by atoms with Crippen molar-refractivity contribution in [3.8, 4) is 0 Å². The number of nitrogens with zero attached hydrogens (tertiary/aromatic N) is 2. The van der Waals surface area contributed by atoms with E-state index in [1.54, 1.807) is 0 Å². The predicted molar refractivity (Wildman–Crippen MR) is 81.1 cm³/mol. The number of aliphatic hydroxyl groups is 1. The normalized spacial score (nSPS) is 31.3. The van der Waals surface area contributed by atoms with Crippen LogP contribution in [-0.2, 0) is 0 Å². The minimum atomic E-state index is -0.181. The van der Waals surface area contributed by atoms with Crippen molar-refractivity contribution in [2.45, 2.75) is 56.3 Å². The summed E-state index contributed by atoms with van der Waals surface area (Å²) in [6, 6.07) is 11.2. The van der Waals surface area contributed by atoms with Gasteiger partial charge in [-0.3, -0.25) is 4.90 Å². The predicted octanol–water partition coefficient (Wildman–Crippen LogP) is 1.85. The molecule has 0 radical (unpaired) electrons. The first-order valence-electron chi connectivity index (χ1n) is 7.66. The second-order valence-corrected chi connectivity index (χ2v) is 6.18. The highest BCUT2D eigenvalue weighted by molar-refractivity contribution is 5.80. The highest BCUT2D eigenvalue weighted by Crippen LogP contribution is 2.42. The molecule has 21 heavy (non-hydrogen) atoms. The molecule has 0 aliphatic carbocycles. The summed E-state index contributed by atoms with van der Waals surface area (Å²) in [5.74, 6) is 0.259. The van der Waals surface area contributed by atoms with E-state index in [1.165, 1.54) is 5.56 Å². The van der Waals surface area contributed by atoms with E-state index in [1.807, 2.05) is 18.2 Å². The Hall–Kier alpha value is -1.59. The number of hydrogen-bond donors (Lipinski definition) is 3. The Bertz CT molecular complexity index is 492. The highest BCUT2D eigenvalue weighted by atomic mass is 16.4. The van der Waals surface area contributed by atoms with Gasteiger partial charge in [-0.05, 0) is 31.2 Å². The smallest absolute Gasteiger partial charge is 0.141 e. The van der Waals surface area contributed by atoms with Gasteiger partial charge < -0.3 is 16.0 Å². The van der Waals surface area contributed by atoms with Crippen LogP contribution in [0.2, 0.25) is 0 Å². The molecule has 0 amide bonds. The number of oxime groups is 1. The van der Waals surface area contributed by atoms with Gasteiger partial charge in [-0.25, -0.2) is 0 Å². The molecule has 0 aromatic heterocycles. The standard InChI is InChI=1S/C16H23N3O2/c17-16(18-21)10-15(11-4-2-1-3-5-11)19-12-6-7-13(19)9-14(20)8-12/h1-5,12-15,20-21H,6-10H2,(H2,17,18). The van der Waals surface area contributed by atoms with E-state index < -0.39 is 0 Å². The van der Waals surface area contributed by atoms with Gasteiger partial charge >= 0.3 is 0 Å². The molecule has 4 N–H and O–H groups in total. The maximum atomic E-state index is 9.97. The summed E-state index contributed by atoms with van der Waals surface area (Å²) in [5.41, 5.74) is 6.97. The topological polar surface area (TPSA) is 82.1 Å². The number of nitrogens with two attached hydrogens (primary N) is 1. The molecule has 3 rings (SSSR count). The number of fused-ring (bicyclic) bond motifs is 2. The van der Waals surface area contributed by atoms with Gasteiger partial charge in [-0.15, -0.1) is 0 Å². The third-order valence-corrected chi connectivity index (χ3v) is 4.84. The van der Waals surface area contributed by atoms with Crippen LogP contribution in [0.25, 0.3) is 0 Å². The molecule has 2 bridgehead atoms. The lowest BCUT2D eigenvalue weighted by Gasteiger charge is -2.42. The molecule has 3 unspecified atom stereocenters. The maximum Gasteiger partial charge on any atom is 0.141 e. The Kier molecular flexibility index (Phi) is 4.12. The van der Waals surface area contributed by atoms with Crippen LogP contribution < -0.4 is 5.73 Å². The van der Waals surface area contributed by atoms with Crippen molar-refractivity contribution in [2.24, 2.45) is 10.9 Å². The van der Waals surface area contributed by atoms with Crippen LogP contribution in [-0.4, -0.2) is 39.2 Å². The molecule has 0 saturated carbocycles. The third-order valence-electron chi connectivity index (χ3n) is 4.84. The van der Waals surface area contributed by atoms with Crippen molar-refractivity contribution >= 4 is 5.84 Å². The van der Waals surface area contributed by atoms with E-state index in [0.29, 0.717) is 18.5 Å². The molecule has 2 heterocycles. The maximum absolute atomic E-state index is 9.97. The van der Waals surface area contributed by atoms with Gasteiger partial charge in [0.15, 0.2) is 0 Å². The van der Waals surface area contributed by atoms with Gasteiger partial charge in [0.25, 0.3) is 0 Å². The minimum absolute atomic E-state index is 0.118. The van der Waals surface area contributed by atoms with E-state index in [0.717, 1.165) is 25.7 Å². The molecule has 2 aliphatic rings. The fraction of sp³-hybridized carbons (Fsp3) is 0.562. The van der Waals surface area contributed by atoms with Crippen LogP contribution in [0.1, 0.15) is 43.7 Å². The van der Waals surface area contributed by atoms with Crippen molar-refractivity contribution in [3.63, 3.8) is 0 Å². The van der Waals surface area contributed by atoms with Gasteiger partial charge in [0.05, 0.1) is 6.10 Å². The summed E-state index contributed by atoms with van der Waals surface area (Å²) in [7, 11) is 0. The van der Waals surface area contributed by atoms with E-state index >= 15 is 0 Å². The summed E-state index contributed by atoms with van der Waals surface area (Å²) in [6.45, 7) is 0. The molecule has 2 aliphatic heterocycles. The van der Waals surface area contributed by atoms with Crippen molar-refractivity contribution in [1.82, 2.24) is 4.90 Å². The lowest BCUT2D eigenvalue weighted by atomic mass is 9.93. The van der Waals surface area contributed by atoms with Crippen LogP contribution in [0.4, 0.5) is 0 Å². The SMILES string of the molecule is NC(CC(c1ccccc1)N1C2CCC1CC(O)C2)=NO. The fourth-order valence-electron chi connectivity index (χ4n) is 4.00. The van der Waals surface area contributed by atoms with Gasteiger partial charge in [0.2, 0.25) is 0 Å². The number of aliphatic hydroxyl groups excluding tert-OH is 1. The molecular formula is C16H23N3O2. The average molecular weight is 289 g/mol. The quantitative estimate of drug-likeness (QED) is 0.342. The summed E-state index contributed by atoms with van der Waals surface area (Å²) < 4.78 is 0. The summed E-state index contributed by atoms with van der Waals surface area (Å²) in [6.07, 6.45) is 4.25. The minimum Gasteiger partial charge on any atom is -0.409 e. The van der Waals surface area contributed by atoms with Crippen LogP contribution >= 0.6 is 0 Å². The van der Waals surface area contributed by atoms with Crippen molar-refractivity contribution in [2.75, 3.05) is 0 Å². The number of benzene rings is 1. The molecule has 5 nitrogen and oxygen atoms in total. The average Bonchev–Trinajstić information content (AvgIpc) is 2.76. The highest BCUT2D eigenvalue weighted by Gasteiger charge is 2.43. The Morgan fingerprint density at radius 2 is 1.86 bits per heavy atom. The van der Waals surface area contributed by atoms with Crippen LogP contribution in [0.15, 0.2) is 35.5 Å². The van der Waals surface area contributed by atoms with Gasteiger partial charge in [-0.2, -0.15) is 0 Å². The van der Waals surface area contributed by atoms with Gasteiger partial charge in [-0.1, -0.05) is 35.5 Å². The largest absolute Gasteiger partial charge is 0.409 e. The first-order valence-corrected chi connectivity index (χ1v) is 7.66. The number of amidine groups is 1. The van der Waals surface area contributed by atoms with E-state index in [2.05, 4.69) is 22.2 Å². The molecule has 1 aromatic carbocycles. The molecule has 5 heteroatoms. The first kappa shape index (κ1) is 14.4. The second kappa shape index (κ2) is 6.03. The second-order valence-electron chi connectivity index (χ2n) is 6.18. The summed E-state index contributed by atoms with van der Waals surface area (Å²) in [4.78, 5) is 2.49. The Labute approximate surface area is 125 Å². The zero-order chi connectivity index (χ0) is 14.8. The van der Waals surface area contributed by atoms with Gasteiger partial charge in [0.1, 0.15) is 5.84 Å². The van der Waals surface area contributed by atoms with E-state index in [9.17, 15) is 5.11 Å². The number of hydrogen-bond acceptors (Lipinski definition) is 4. The van der Waals surface area contributed by atoms with Crippen LogP contribution in [0.3, 0.4) is 0 Å². The van der Waals surface area contributed by atoms with E-state index in [-0.39, 0.29) is 18.0 Å². The summed E-state index contributed by atoms with van der Waals surface area (Å²) in [5, 5.41) is 22.0. The van der Waals surface area contributed by atoms with Crippen molar-refractivity contribution in [1.29, 1.82) is 0 Å².